The molecule has 6 heteroatoms. The summed E-state index contributed by atoms with van der Waals surface area (Å²) in [4.78, 5) is 4.14. The van der Waals surface area contributed by atoms with E-state index in [1.165, 1.54) is 12.3 Å². The molecule has 1 saturated heterocycles. The molecule has 1 aromatic rings. The quantitative estimate of drug-likeness (QED) is 0.782. The van der Waals surface area contributed by atoms with Crippen LogP contribution in [0, 0.1) is 10.8 Å². The normalized spacial score (nSPS) is 32.3. The van der Waals surface area contributed by atoms with Crippen molar-refractivity contribution in [1.82, 2.24) is 9.29 Å². The standard InChI is InChI=1S/C15H21ClN2O2S/c1-14(2)6-11-7-15(3,9-14)10-18(11)21(19,20)12-4-5-13(16)17-8-12/h4-5,8,11H,6-7,9-10H2,1-3H3. The third-order valence-electron chi connectivity index (χ3n) is 4.67. The van der Waals surface area contributed by atoms with E-state index in [1.54, 1.807) is 10.4 Å². The molecule has 3 rings (SSSR count). The Morgan fingerprint density at radius 1 is 1.29 bits per heavy atom. The summed E-state index contributed by atoms with van der Waals surface area (Å²) in [5.41, 5.74) is 0.277. The van der Waals surface area contributed by atoms with Gasteiger partial charge in [-0.3, -0.25) is 0 Å². The Labute approximate surface area is 131 Å². The molecule has 21 heavy (non-hydrogen) atoms. The van der Waals surface area contributed by atoms with E-state index in [4.69, 9.17) is 11.6 Å². The minimum Gasteiger partial charge on any atom is -0.243 e. The lowest BCUT2D eigenvalue weighted by atomic mass is 9.65. The lowest BCUT2D eigenvalue weighted by Gasteiger charge is -2.39. The molecule has 0 spiro atoms. The molecule has 1 aromatic heterocycles. The summed E-state index contributed by atoms with van der Waals surface area (Å²) in [6, 6.07) is 3.17. The lowest BCUT2D eigenvalue weighted by molar-refractivity contribution is 0.133. The van der Waals surface area contributed by atoms with Crippen LogP contribution in [0.5, 0.6) is 0 Å². The molecule has 4 nitrogen and oxygen atoms in total. The first-order chi connectivity index (χ1) is 9.61. The van der Waals surface area contributed by atoms with Crippen LogP contribution in [-0.2, 0) is 10.0 Å². The van der Waals surface area contributed by atoms with E-state index in [9.17, 15) is 8.42 Å². The van der Waals surface area contributed by atoms with Crippen molar-refractivity contribution >= 4 is 21.6 Å². The maximum Gasteiger partial charge on any atom is 0.244 e. The fourth-order valence-corrected chi connectivity index (χ4v) is 6.17. The van der Waals surface area contributed by atoms with E-state index in [0.29, 0.717) is 11.7 Å². The molecule has 0 N–H and O–H groups in total. The molecule has 2 aliphatic rings. The van der Waals surface area contributed by atoms with Gasteiger partial charge in [-0.05, 0) is 42.2 Å². The van der Waals surface area contributed by atoms with Crippen LogP contribution in [0.25, 0.3) is 0 Å². The predicted molar refractivity (Wildman–Crippen MR) is 82.7 cm³/mol. The number of pyridine rings is 1. The van der Waals surface area contributed by atoms with Gasteiger partial charge < -0.3 is 0 Å². The average Bonchev–Trinajstić information content (AvgIpc) is 2.59. The molecule has 2 unspecified atom stereocenters. The van der Waals surface area contributed by atoms with E-state index < -0.39 is 10.0 Å². The van der Waals surface area contributed by atoms with Gasteiger partial charge in [0.1, 0.15) is 10.0 Å². The van der Waals surface area contributed by atoms with Gasteiger partial charge in [0.2, 0.25) is 10.0 Å². The number of halogens is 1. The number of fused-ring (bicyclic) bond motifs is 2. The van der Waals surface area contributed by atoms with Crippen LogP contribution < -0.4 is 0 Å². The van der Waals surface area contributed by atoms with E-state index in [-0.39, 0.29) is 21.8 Å². The molecule has 2 heterocycles. The highest BCUT2D eigenvalue weighted by molar-refractivity contribution is 7.89. The molecule has 1 aliphatic heterocycles. The Kier molecular flexibility index (Phi) is 3.39. The van der Waals surface area contributed by atoms with Gasteiger partial charge >= 0.3 is 0 Å². The Balaban J connectivity index is 1.96. The van der Waals surface area contributed by atoms with Crippen LogP contribution in [0.3, 0.4) is 0 Å². The molecule has 2 atom stereocenters. The van der Waals surface area contributed by atoms with Crippen LogP contribution in [-0.4, -0.2) is 30.3 Å². The largest absolute Gasteiger partial charge is 0.244 e. The summed E-state index contributed by atoms with van der Waals surface area (Å²) in [6.45, 7) is 7.28. The molecule has 1 aliphatic carbocycles. The molecule has 116 valence electrons. The van der Waals surface area contributed by atoms with Gasteiger partial charge in [0.25, 0.3) is 0 Å². The number of hydrogen-bond donors (Lipinski definition) is 0. The summed E-state index contributed by atoms with van der Waals surface area (Å²) in [5, 5.41) is 0.308. The molecule has 2 fully saturated rings. The van der Waals surface area contributed by atoms with Gasteiger partial charge in [0.05, 0.1) is 0 Å². The second kappa shape index (κ2) is 4.67. The summed E-state index contributed by atoms with van der Waals surface area (Å²) < 4.78 is 27.5. The first kappa shape index (κ1) is 15.3. The molecule has 0 aromatic carbocycles. The zero-order valence-corrected chi connectivity index (χ0v) is 14.2. The van der Waals surface area contributed by atoms with Crippen LogP contribution >= 0.6 is 11.6 Å². The molecular formula is C15H21ClN2O2S. The van der Waals surface area contributed by atoms with Crippen LogP contribution in [0.1, 0.15) is 40.0 Å². The number of nitrogens with zero attached hydrogens (tertiary/aromatic N) is 2. The molecule has 1 saturated carbocycles. The van der Waals surface area contributed by atoms with Gasteiger partial charge in [-0.25, -0.2) is 13.4 Å². The van der Waals surface area contributed by atoms with Gasteiger partial charge in [-0.1, -0.05) is 32.4 Å². The van der Waals surface area contributed by atoms with Crippen molar-refractivity contribution in [1.29, 1.82) is 0 Å². The highest BCUT2D eigenvalue weighted by Gasteiger charge is 2.53. The number of aromatic nitrogens is 1. The van der Waals surface area contributed by atoms with Crippen molar-refractivity contribution in [3.05, 3.63) is 23.5 Å². The Bertz CT molecular complexity index is 657. The van der Waals surface area contributed by atoms with E-state index in [1.807, 2.05) is 0 Å². The Hall–Kier alpha value is -0.650. The van der Waals surface area contributed by atoms with Crippen molar-refractivity contribution in [3.63, 3.8) is 0 Å². The molecular weight excluding hydrogens is 308 g/mol. The van der Waals surface area contributed by atoms with Crippen LogP contribution in [0.15, 0.2) is 23.2 Å². The first-order valence-corrected chi connectivity index (χ1v) is 9.07. The minimum absolute atomic E-state index is 0.0827. The minimum atomic E-state index is -3.49. The molecule has 0 amide bonds. The Morgan fingerprint density at radius 3 is 2.62 bits per heavy atom. The Morgan fingerprint density at radius 2 is 2.00 bits per heavy atom. The first-order valence-electron chi connectivity index (χ1n) is 7.25. The van der Waals surface area contributed by atoms with Gasteiger partial charge in [0.15, 0.2) is 0 Å². The highest BCUT2D eigenvalue weighted by atomic mass is 35.5. The van der Waals surface area contributed by atoms with E-state index >= 15 is 0 Å². The van der Waals surface area contributed by atoms with Crippen molar-refractivity contribution in [2.75, 3.05) is 6.54 Å². The molecule has 0 radical (unpaired) electrons. The van der Waals surface area contributed by atoms with Crippen molar-refractivity contribution in [3.8, 4) is 0 Å². The summed E-state index contributed by atoms with van der Waals surface area (Å²) >= 11 is 5.75. The third kappa shape index (κ3) is 2.71. The van der Waals surface area contributed by atoms with Crippen molar-refractivity contribution in [2.24, 2.45) is 10.8 Å². The fraction of sp³-hybridized carbons (Fsp3) is 0.667. The zero-order chi connectivity index (χ0) is 15.5. The summed E-state index contributed by atoms with van der Waals surface area (Å²) in [7, 11) is -3.49. The second-order valence-corrected chi connectivity index (χ2v) is 9.86. The monoisotopic (exact) mass is 328 g/mol. The lowest BCUT2D eigenvalue weighted by Crippen LogP contribution is -2.37. The summed E-state index contributed by atoms with van der Waals surface area (Å²) in [5.74, 6) is 0. The summed E-state index contributed by atoms with van der Waals surface area (Å²) in [6.07, 6.45) is 4.30. The van der Waals surface area contributed by atoms with Gasteiger partial charge in [-0.2, -0.15) is 4.31 Å². The second-order valence-electron chi connectivity index (χ2n) is 7.58. The number of sulfonamides is 1. The fourth-order valence-electron chi connectivity index (χ4n) is 4.34. The number of rotatable bonds is 2. The van der Waals surface area contributed by atoms with Crippen molar-refractivity contribution in [2.45, 2.75) is 51.0 Å². The third-order valence-corrected chi connectivity index (χ3v) is 6.78. The van der Waals surface area contributed by atoms with Crippen LogP contribution in [0.2, 0.25) is 5.15 Å². The maximum absolute atomic E-state index is 12.9. The van der Waals surface area contributed by atoms with Crippen molar-refractivity contribution < 1.29 is 8.42 Å². The van der Waals surface area contributed by atoms with Gasteiger partial charge in [0, 0.05) is 18.8 Å². The predicted octanol–water partition coefficient (Wildman–Crippen LogP) is 3.32. The van der Waals surface area contributed by atoms with Crippen LogP contribution in [0.4, 0.5) is 0 Å². The van der Waals surface area contributed by atoms with Gasteiger partial charge in [-0.15, -0.1) is 0 Å². The average molecular weight is 329 g/mol. The highest BCUT2D eigenvalue weighted by Crippen LogP contribution is 2.53. The SMILES string of the molecule is CC1(C)CC2CC(C)(CN2S(=O)(=O)c2ccc(Cl)nc2)C1. The zero-order valence-electron chi connectivity index (χ0n) is 12.6. The smallest absolute Gasteiger partial charge is 0.243 e. The topological polar surface area (TPSA) is 50.3 Å². The number of hydrogen-bond acceptors (Lipinski definition) is 3. The maximum atomic E-state index is 12.9. The molecule has 2 bridgehead atoms. The van der Waals surface area contributed by atoms with E-state index in [2.05, 4.69) is 25.8 Å². The van der Waals surface area contributed by atoms with E-state index in [0.717, 1.165) is 19.3 Å².